The number of nitrogens with zero attached hydrogens (tertiary/aromatic N) is 1. The average Bonchev–Trinajstić information content (AvgIpc) is 2.60. The Labute approximate surface area is 159 Å². The van der Waals surface area contributed by atoms with Crippen molar-refractivity contribution in [2.45, 2.75) is 32.3 Å². The standard InChI is InChI=1S/C19H22ClNO4S/c1-4-21(5-2)26(23,24)16-9-10-18(20)17(12-16)19(22)25-13-15-8-6-7-14(3)11-15/h6-12H,4-5,13H2,1-3H3. The molecule has 0 bridgehead atoms. The summed E-state index contributed by atoms with van der Waals surface area (Å²) in [6.07, 6.45) is 0. The second-order valence-electron chi connectivity index (χ2n) is 5.80. The molecule has 0 saturated heterocycles. The first kappa shape index (κ1) is 20.4. The maximum absolute atomic E-state index is 12.6. The summed E-state index contributed by atoms with van der Waals surface area (Å²) in [6, 6.07) is 11.7. The second kappa shape index (κ2) is 8.66. The Morgan fingerprint density at radius 3 is 2.42 bits per heavy atom. The van der Waals surface area contributed by atoms with Crippen LogP contribution in [0, 0.1) is 6.92 Å². The van der Waals surface area contributed by atoms with Gasteiger partial charge in [0.05, 0.1) is 15.5 Å². The van der Waals surface area contributed by atoms with Crippen LogP contribution in [0.3, 0.4) is 0 Å². The molecule has 5 nitrogen and oxygen atoms in total. The second-order valence-corrected chi connectivity index (χ2v) is 8.14. The minimum atomic E-state index is -3.68. The fourth-order valence-electron chi connectivity index (χ4n) is 2.56. The maximum atomic E-state index is 12.6. The summed E-state index contributed by atoms with van der Waals surface area (Å²) in [7, 11) is -3.68. The third-order valence-corrected chi connectivity index (χ3v) is 6.33. The lowest BCUT2D eigenvalue weighted by molar-refractivity contribution is 0.0472. The van der Waals surface area contributed by atoms with Gasteiger partial charge in [-0.3, -0.25) is 0 Å². The van der Waals surface area contributed by atoms with Crippen LogP contribution in [-0.4, -0.2) is 31.8 Å². The van der Waals surface area contributed by atoms with Gasteiger partial charge in [0.1, 0.15) is 6.61 Å². The zero-order valence-electron chi connectivity index (χ0n) is 15.0. The van der Waals surface area contributed by atoms with E-state index in [0.29, 0.717) is 13.1 Å². The predicted molar refractivity (Wildman–Crippen MR) is 102 cm³/mol. The van der Waals surface area contributed by atoms with Crippen molar-refractivity contribution in [1.29, 1.82) is 0 Å². The Kier molecular flexibility index (Phi) is 6.81. The van der Waals surface area contributed by atoms with Crippen molar-refractivity contribution >= 4 is 27.6 Å². The molecule has 0 spiro atoms. The van der Waals surface area contributed by atoms with Crippen LogP contribution in [0.15, 0.2) is 47.4 Å². The molecule has 0 saturated carbocycles. The van der Waals surface area contributed by atoms with E-state index in [0.717, 1.165) is 11.1 Å². The van der Waals surface area contributed by atoms with E-state index in [1.165, 1.54) is 22.5 Å². The molecule has 0 fully saturated rings. The van der Waals surface area contributed by atoms with Gasteiger partial charge in [0.15, 0.2) is 0 Å². The average molecular weight is 396 g/mol. The number of rotatable bonds is 7. The van der Waals surface area contributed by atoms with Crippen molar-refractivity contribution in [2.24, 2.45) is 0 Å². The zero-order valence-corrected chi connectivity index (χ0v) is 16.6. The zero-order chi connectivity index (χ0) is 19.3. The Morgan fingerprint density at radius 1 is 1.12 bits per heavy atom. The number of halogens is 1. The minimum absolute atomic E-state index is 0.0214. The molecule has 0 aliphatic carbocycles. The molecule has 0 heterocycles. The Bertz CT molecular complexity index is 892. The van der Waals surface area contributed by atoms with Gasteiger partial charge in [0, 0.05) is 13.1 Å². The van der Waals surface area contributed by atoms with Crippen LogP contribution in [0.4, 0.5) is 0 Å². The van der Waals surface area contributed by atoms with Crippen molar-refractivity contribution < 1.29 is 17.9 Å². The van der Waals surface area contributed by atoms with E-state index in [9.17, 15) is 13.2 Å². The largest absolute Gasteiger partial charge is 0.457 e. The van der Waals surface area contributed by atoms with Gasteiger partial charge in [0.2, 0.25) is 10.0 Å². The number of carbonyl (C=O) groups excluding carboxylic acids is 1. The summed E-state index contributed by atoms with van der Waals surface area (Å²) in [4.78, 5) is 12.4. The molecule has 7 heteroatoms. The summed E-state index contributed by atoms with van der Waals surface area (Å²) in [6.45, 7) is 6.23. The Balaban J connectivity index is 2.25. The van der Waals surface area contributed by atoms with Crippen LogP contribution in [0.1, 0.15) is 35.3 Å². The van der Waals surface area contributed by atoms with Crippen molar-refractivity contribution in [2.75, 3.05) is 13.1 Å². The van der Waals surface area contributed by atoms with E-state index >= 15 is 0 Å². The molecule has 2 aromatic carbocycles. The van der Waals surface area contributed by atoms with Gasteiger partial charge in [0.25, 0.3) is 0 Å². The van der Waals surface area contributed by atoms with Gasteiger partial charge < -0.3 is 4.74 Å². The van der Waals surface area contributed by atoms with Crippen LogP contribution < -0.4 is 0 Å². The van der Waals surface area contributed by atoms with Crippen LogP contribution in [0.5, 0.6) is 0 Å². The van der Waals surface area contributed by atoms with Crippen molar-refractivity contribution in [3.05, 3.63) is 64.2 Å². The fraction of sp³-hybridized carbons (Fsp3) is 0.316. The predicted octanol–water partition coefficient (Wildman–Crippen LogP) is 4.04. The first-order valence-corrected chi connectivity index (χ1v) is 10.1. The fourth-order valence-corrected chi connectivity index (χ4v) is 4.24. The number of ether oxygens (including phenoxy) is 1. The first-order valence-electron chi connectivity index (χ1n) is 8.32. The number of aryl methyl sites for hydroxylation is 1. The quantitative estimate of drug-likeness (QED) is 0.664. The maximum Gasteiger partial charge on any atom is 0.340 e. The monoisotopic (exact) mass is 395 g/mol. The molecule has 0 radical (unpaired) electrons. The van der Waals surface area contributed by atoms with Crippen molar-refractivity contribution in [3.8, 4) is 0 Å². The van der Waals surface area contributed by atoms with E-state index in [1.807, 2.05) is 31.2 Å². The van der Waals surface area contributed by atoms with Gasteiger partial charge in [-0.2, -0.15) is 4.31 Å². The van der Waals surface area contributed by atoms with Crippen molar-refractivity contribution in [1.82, 2.24) is 4.31 Å². The molecule has 0 aromatic heterocycles. The number of hydrogen-bond acceptors (Lipinski definition) is 4. The highest BCUT2D eigenvalue weighted by atomic mass is 35.5. The van der Waals surface area contributed by atoms with Gasteiger partial charge in [-0.1, -0.05) is 55.3 Å². The molecule has 2 rings (SSSR count). The highest BCUT2D eigenvalue weighted by molar-refractivity contribution is 7.89. The van der Waals surface area contributed by atoms with Gasteiger partial charge >= 0.3 is 5.97 Å². The lowest BCUT2D eigenvalue weighted by Crippen LogP contribution is -2.30. The van der Waals surface area contributed by atoms with E-state index in [2.05, 4.69) is 0 Å². The third kappa shape index (κ3) is 4.63. The van der Waals surface area contributed by atoms with Gasteiger partial charge in [-0.15, -0.1) is 0 Å². The molecule has 0 atom stereocenters. The molecule has 26 heavy (non-hydrogen) atoms. The van der Waals surface area contributed by atoms with E-state index in [4.69, 9.17) is 16.3 Å². The molecule has 0 N–H and O–H groups in total. The lowest BCUT2D eigenvalue weighted by Gasteiger charge is -2.19. The number of sulfonamides is 1. The lowest BCUT2D eigenvalue weighted by atomic mass is 10.1. The number of hydrogen-bond donors (Lipinski definition) is 0. The minimum Gasteiger partial charge on any atom is -0.457 e. The number of benzene rings is 2. The molecule has 0 aliphatic heterocycles. The third-order valence-electron chi connectivity index (χ3n) is 3.95. The SMILES string of the molecule is CCN(CC)S(=O)(=O)c1ccc(Cl)c(C(=O)OCc2cccc(C)c2)c1. The van der Waals surface area contributed by atoms with Crippen LogP contribution >= 0.6 is 11.6 Å². The van der Waals surface area contributed by atoms with Crippen LogP contribution in [-0.2, 0) is 21.4 Å². The number of carbonyl (C=O) groups is 1. The highest BCUT2D eigenvalue weighted by Gasteiger charge is 2.24. The molecule has 0 aliphatic rings. The number of esters is 1. The highest BCUT2D eigenvalue weighted by Crippen LogP contribution is 2.24. The summed E-state index contributed by atoms with van der Waals surface area (Å²) < 4.78 is 31.9. The van der Waals surface area contributed by atoms with E-state index < -0.39 is 16.0 Å². The first-order chi connectivity index (χ1) is 12.3. The topological polar surface area (TPSA) is 63.7 Å². The van der Waals surface area contributed by atoms with Crippen molar-refractivity contribution in [3.63, 3.8) is 0 Å². The molecule has 0 amide bonds. The van der Waals surface area contributed by atoms with Crippen LogP contribution in [0.2, 0.25) is 5.02 Å². The summed E-state index contributed by atoms with van der Waals surface area (Å²) in [5.74, 6) is -0.659. The molecule has 140 valence electrons. The molecular weight excluding hydrogens is 374 g/mol. The summed E-state index contributed by atoms with van der Waals surface area (Å²) in [5.41, 5.74) is 1.94. The van der Waals surface area contributed by atoms with E-state index in [1.54, 1.807) is 13.8 Å². The summed E-state index contributed by atoms with van der Waals surface area (Å²) in [5, 5.41) is 0.151. The molecule has 2 aromatic rings. The Morgan fingerprint density at radius 2 is 1.81 bits per heavy atom. The normalized spacial score (nSPS) is 11.6. The van der Waals surface area contributed by atoms with Gasteiger partial charge in [-0.05, 0) is 30.7 Å². The van der Waals surface area contributed by atoms with Gasteiger partial charge in [-0.25, -0.2) is 13.2 Å². The molecular formula is C19H22ClNO4S. The Hall–Kier alpha value is -1.89. The summed E-state index contributed by atoms with van der Waals surface area (Å²) >= 11 is 6.09. The van der Waals surface area contributed by atoms with E-state index in [-0.39, 0.29) is 22.1 Å². The molecule has 0 unspecified atom stereocenters. The van der Waals surface area contributed by atoms with Crippen LogP contribution in [0.25, 0.3) is 0 Å². The smallest absolute Gasteiger partial charge is 0.340 e.